The van der Waals surface area contributed by atoms with Crippen LogP contribution in [0.5, 0.6) is 0 Å². The summed E-state index contributed by atoms with van der Waals surface area (Å²) in [6, 6.07) is 3.78. The number of aryl methyl sites for hydroxylation is 1. The fourth-order valence-electron chi connectivity index (χ4n) is 4.03. The SMILES string of the molecule is Cc1cnncc1-c1cc(N2CCCC(C=O)(Cc3cc(F)c(F)c(F)c3)C2)n[nH]1. The monoisotopic (exact) mass is 415 g/mol. The topological polar surface area (TPSA) is 74.8 Å². The van der Waals surface area contributed by atoms with Gasteiger partial charge >= 0.3 is 0 Å². The number of hydrogen-bond donors (Lipinski definition) is 1. The predicted molar refractivity (Wildman–Crippen MR) is 104 cm³/mol. The van der Waals surface area contributed by atoms with E-state index < -0.39 is 22.9 Å². The van der Waals surface area contributed by atoms with Gasteiger partial charge in [-0.3, -0.25) is 5.10 Å². The third-order valence-electron chi connectivity index (χ3n) is 5.57. The van der Waals surface area contributed by atoms with Crippen molar-refractivity contribution >= 4 is 12.1 Å². The van der Waals surface area contributed by atoms with E-state index in [0.29, 0.717) is 31.7 Å². The Bertz CT molecular complexity index is 1060. The summed E-state index contributed by atoms with van der Waals surface area (Å²) in [5.74, 6) is -3.34. The molecule has 0 spiro atoms. The van der Waals surface area contributed by atoms with E-state index in [1.54, 1.807) is 12.4 Å². The molecule has 1 fully saturated rings. The number of carbonyl (C=O) groups excluding carboxylic acids is 1. The van der Waals surface area contributed by atoms with Crippen molar-refractivity contribution in [2.75, 3.05) is 18.0 Å². The van der Waals surface area contributed by atoms with Crippen LogP contribution in [-0.2, 0) is 11.2 Å². The predicted octanol–water partition coefficient (Wildman–Crippen LogP) is 3.62. The van der Waals surface area contributed by atoms with Crippen LogP contribution in [0.25, 0.3) is 11.3 Å². The molecule has 0 amide bonds. The van der Waals surface area contributed by atoms with Gasteiger partial charge in [-0.05, 0) is 49.4 Å². The number of halogens is 3. The normalized spacial score (nSPS) is 19.1. The minimum Gasteiger partial charge on any atom is -0.354 e. The number of nitrogens with zero attached hydrogens (tertiary/aromatic N) is 4. The first-order valence-corrected chi connectivity index (χ1v) is 9.58. The molecular formula is C21H20F3N5O. The average Bonchev–Trinajstić information content (AvgIpc) is 3.22. The van der Waals surface area contributed by atoms with Crippen molar-refractivity contribution in [2.24, 2.45) is 5.41 Å². The fourth-order valence-corrected chi connectivity index (χ4v) is 4.03. The molecular weight excluding hydrogens is 395 g/mol. The van der Waals surface area contributed by atoms with E-state index in [0.717, 1.165) is 35.2 Å². The molecule has 2 aromatic heterocycles. The van der Waals surface area contributed by atoms with E-state index in [4.69, 9.17) is 0 Å². The van der Waals surface area contributed by atoms with E-state index in [1.807, 2.05) is 17.9 Å². The first-order valence-electron chi connectivity index (χ1n) is 9.58. The lowest BCUT2D eigenvalue weighted by molar-refractivity contribution is -0.116. The summed E-state index contributed by atoms with van der Waals surface area (Å²) in [6.45, 7) is 2.96. The highest BCUT2D eigenvalue weighted by Gasteiger charge is 2.37. The van der Waals surface area contributed by atoms with Crippen LogP contribution in [0.15, 0.2) is 30.6 Å². The Kier molecular flexibility index (Phi) is 5.27. The van der Waals surface area contributed by atoms with Gasteiger partial charge in [0.15, 0.2) is 23.3 Å². The summed E-state index contributed by atoms with van der Waals surface area (Å²) in [6.07, 6.45) is 5.54. The molecule has 30 heavy (non-hydrogen) atoms. The number of rotatable bonds is 5. The number of aromatic nitrogens is 4. The largest absolute Gasteiger partial charge is 0.354 e. The highest BCUT2D eigenvalue weighted by atomic mass is 19.2. The molecule has 4 rings (SSSR count). The van der Waals surface area contributed by atoms with Gasteiger partial charge in [0.25, 0.3) is 0 Å². The number of carbonyl (C=O) groups is 1. The summed E-state index contributed by atoms with van der Waals surface area (Å²) >= 11 is 0. The van der Waals surface area contributed by atoms with E-state index in [2.05, 4.69) is 20.4 Å². The fraction of sp³-hybridized carbons (Fsp3) is 0.333. The Hall–Kier alpha value is -3.23. The van der Waals surface area contributed by atoms with Crippen molar-refractivity contribution in [3.63, 3.8) is 0 Å². The van der Waals surface area contributed by atoms with Crippen LogP contribution >= 0.6 is 0 Å². The summed E-state index contributed by atoms with van der Waals surface area (Å²) < 4.78 is 40.5. The number of piperidine rings is 1. The summed E-state index contributed by atoms with van der Waals surface area (Å²) in [5, 5.41) is 15.1. The van der Waals surface area contributed by atoms with Gasteiger partial charge < -0.3 is 9.69 Å². The molecule has 3 heterocycles. The zero-order chi connectivity index (χ0) is 21.3. The molecule has 156 valence electrons. The zero-order valence-electron chi connectivity index (χ0n) is 16.3. The Morgan fingerprint density at radius 1 is 1.17 bits per heavy atom. The highest BCUT2D eigenvalue weighted by Crippen LogP contribution is 2.35. The lowest BCUT2D eigenvalue weighted by atomic mass is 9.76. The Morgan fingerprint density at radius 2 is 1.90 bits per heavy atom. The lowest BCUT2D eigenvalue weighted by Crippen LogP contribution is -2.45. The molecule has 1 saturated heterocycles. The smallest absolute Gasteiger partial charge is 0.194 e. The van der Waals surface area contributed by atoms with Crippen molar-refractivity contribution in [3.8, 4) is 11.3 Å². The summed E-state index contributed by atoms with van der Waals surface area (Å²) in [7, 11) is 0. The molecule has 1 aliphatic rings. The first-order chi connectivity index (χ1) is 14.4. The van der Waals surface area contributed by atoms with Gasteiger partial charge in [0.2, 0.25) is 0 Å². The number of aromatic amines is 1. The molecule has 3 aromatic rings. The van der Waals surface area contributed by atoms with Crippen molar-refractivity contribution < 1.29 is 18.0 Å². The highest BCUT2D eigenvalue weighted by molar-refractivity contribution is 5.67. The van der Waals surface area contributed by atoms with Crippen LogP contribution in [-0.4, -0.2) is 39.8 Å². The van der Waals surface area contributed by atoms with E-state index in [1.165, 1.54) is 0 Å². The zero-order valence-corrected chi connectivity index (χ0v) is 16.3. The van der Waals surface area contributed by atoms with E-state index in [9.17, 15) is 18.0 Å². The molecule has 9 heteroatoms. The van der Waals surface area contributed by atoms with Crippen molar-refractivity contribution in [1.82, 2.24) is 20.4 Å². The molecule has 0 radical (unpaired) electrons. The number of anilines is 1. The number of hydrogen-bond acceptors (Lipinski definition) is 5. The quantitative estimate of drug-likeness (QED) is 0.509. The second-order valence-corrected chi connectivity index (χ2v) is 7.78. The molecule has 1 aliphatic heterocycles. The first kappa shape index (κ1) is 20.1. The minimum atomic E-state index is -1.51. The maximum atomic E-state index is 13.6. The lowest BCUT2D eigenvalue weighted by Gasteiger charge is -2.39. The third kappa shape index (κ3) is 3.79. The average molecular weight is 415 g/mol. The second kappa shape index (κ2) is 7.89. The summed E-state index contributed by atoms with van der Waals surface area (Å²) in [4.78, 5) is 14.0. The van der Waals surface area contributed by atoms with Crippen LogP contribution in [0.1, 0.15) is 24.0 Å². The Balaban J connectivity index is 1.57. The molecule has 1 atom stereocenters. The van der Waals surface area contributed by atoms with Crippen molar-refractivity contribution in [1.29, 1.82) is 0 Å². The summed E-state index contributed by atoms with van der Waals surface area (Å²) in [5.41, 5.74) is 2.01. The van der Waals surface area contributed by atoms with Crippen LogP contribution in [0.3, 0.4) is 0 Å². The Labute approximate surface area is 171 Å². The minimum absolute atomic E-state index is 0.117. The van der Waals surface area contributed by atoms with Crippen LogP contribution in [0.2, 0.25) is 0 Å². The molecule has 1 unspecified atom stereocenters. The molecule has 0 saturated carbocycles. The number of aldehydes is 1. The van der Waals surface area contributed by atoms with Gasteiger partial charge in [-0.1, -0.05) is 0 Å². The standard InChI is InChI=1S/C21H20F3N5O/c1-13-9-25-26-10-15(13)18-7-19(28-27-18)29-4-2-3-21(11-29,12-30)8-14-5-16(22)20(24)17(23)6-14/h5-7,9-10,12H,2-4,8,11H2,1H3,(H,27,28). The van der Waals surface area contributed by atoms with Gasteiger partial charge in [-0.15, -0.1) is 0 Å². The van der Waals surface area contributed by atoms with E-state index >= 15 is 0 Å². The van der Waals surface area contributed by atoms with Crippen LogP contribution in [0, 0.1) is 29.8 Å². The maximum absolute atomic E-state index is 13.6. The molecule has 1 aromatic carbocycles. The van der Waals surface area contributed by atoms with Gasteiger partial charge in [0.1, 0.15) is 6.29 Å². The molecule has 6 nitrogen and oxygen atoms in total. The number of H-pyrrole nitrogens is 1. The maximum Gasteiger partial charge on any atom is 0.194 e. The number of nitrogens with one attached hydrogen (secondary N) is 1. The Morgan fingerprint density at radius 3 is 2.60 bits per heavy atom. The molecule has 0 bridgehead atoms. The van der Waals surface area contributed by atoms with E-state index in [-0.39, 0.29) is 12.0 Å². The van der Waals surface area contributed by atoms with Crippen molar-refractivity contribution in [2.45, 2.75) is 26.2 Å². The van der Waals surface area contributed by atoms with Crippen molar-refractivity contribution in [3.05, 3.63) is 59.2 Å². The van der Waals surface area contributed by atoms with Gasteiger partial charge in [0, 0.05) is 30.1 Å². The van der Waals surface area contributed by atoms with Crippen LogP contribution in [0.4, 0.5) is 19.0 Å². The third-order valence-corrected chi connectivity index (χ3v) is 5.57. The second-order valence-electron chi connectivity index (χ2n) is 7.78. The van der Waals surface area contributed by atoms with Gasteiger partial charge in [-0.2, -0.15) is 15.3 Å². The van der Waals surface area contributed by atoms with Gasteiger partial charge in [-0.25, -0.2) is 13.2 Å². The van der Waals surface area contributed by atoms with Crippen LogP contribution < -0.4 is 4.90 Å². The van der Waals surface area contributed by atoms with Gasteiger partial charge in [0.05, 0.1) is 18.1 Å². The molecule has 1 N–H and O–H groups in total. The molecule has 0 aliphatic carbocycles. The number of benzene rings is 1.